The largest absolute Gasteiger partial charge is 0.491 e. The van der Waals surface area contributed by atoms with E-state index in [9.17, 15) is 4.79 Å². The van der Waals surface area contributed by atoms with Gasteiger partial charge >= 0.3 is 0 Å². The van der Waals surface area contributed by atoms with E-state index in [0.717, 1.165) is 51.0 Å². The molecule has 0 aromatic heterocycles. The number of aryl methyl sites for hydroxylation is 1. The van der Waals surface area contributed by atoms with Crippen molar-refractivity contribution in [1.82, 2.24) is 10.2 Å². The highest BCUT2D eigenvalue weighted by atomic mass is 16.5. The fraction of sp³-hybridized carbons (Fsp3) is 0.500. The molecular weight excluding hydrogens is 404 g/mol. The van der Waals surface area contributed by atoms with E-state index in [1.54, 1.807) is 0 Å². The normalized spacial score (nSPS) is 20.2. The van der Waals surface area contributed by atoms with Gasteiger partial charge < -0.3 is 19.9 Å². The Hall–Kier alpha value is -2.41. The number of likely N-dealkylation sites (N-methyl/N-ethyl adjacent to an activating group) is 1. The van der Waals surface area contributed by atoms with Gasteiger partial charge in [-0.2, -0.15) is 0 Å². The van der Waals surface area contributed by atoms with Crippen LogP contribution in [0.1, 0.15) is 46.3 Å². The van der Waals surface area contributed by atoms with Crippen molar-refractivity contribution in [2.75, 3.05) is 33.4 Å². The molecule has 2 atom stereocenters. The van der Waals surface area contributed by atoms with E-state index < -0.39 is 0 Å². The van der Waals surface area contributed by atoms with Crippen LogP contribution in [0.2, 0.25) is 0 Å². The van der Waals surface area contributed by atoms with E-state index in [4.69, 9.17) is 14.6 Å². The van der Waals surface area contributed by atoms with E-state index in [-0.39, 0.29) is 24.7 Å². The fourth-order valence-corrected chi connectivity index (χ4v) is 4.53. The minimum Gasteiger partial charge on any atom is -0.491 e. The summed E-state index contributed by atoms with van der Waals surface area (Å²) in [7, 11) is 2.02. The Bertz CT molecular complexity index is 893. The van der Waals surface area contributed by atoms with Gasteiger partial charge in [-0.05, 0) is 80.1 Å². The van der Waals surface area contributed by atoms with Crippen molar-refractivity contribution in [2.24, 2.45) is 0 Å². The first-order chi connectivity index (χ1) is 15.6. The third kappa shape index (κ3) is 6.09. The molecule has 6 nitrogen and oxygen atoms in total. The predicted molar refractivity (Wildman–Crippen MR) is 124 cm³/mol. The van der Waals surface area contributed by atoms with Crippen LogP contribution < -0.4 is 10.1 Å². The molecule has 2 aliphatic rings. The van der Waals surface area contributed by atoms with E-state index in [2.05, 4.69) is 28.4 Å². The van der Waals surface area contributed by atoms with Crippen LogP contribution in [0.5, 0.6) is 5.75 Å². The van der Waals surface area contributed by atoms with Crippen molar-refractivity contribution < 1.29 is 19.4 Å². The van der Waals surface area contributed by atoms with Gasteiger partial charge in [-0.25, -0.2) is 0 Å². The quantitative estimate of drug-likeness (QED) is 0.630. The van der Waals surface area contributed by atoms with Crippen LogP contribution in [-0.4, -0.2) is 61.5 Å². The van der Waals surface area contributed by atoms with Crippen LogP contribution in [0.15, 0.2) is 42.5 Å². The summed E-state index contributed by atoms with van der Waals surface area (Å²) in [6, 6.07) is 14.1. The molecule has 0 unspecified atom stereocenters. The van der Waals surface area contributed by atoms with Crippen LogP contribution >= 0.6 is 0 Å². The maximum atomic E-state index is 12.7. The molecule has 2 aromatic rings. The lowest BCUT2D eigenvalue weighted by Crippen LogP contribution is -2.38. The zero-order valence-electron chi connectivity index (χ0n) is 18.9. The van der Waals surface area contributed by atoms with E-state index >= 15 is 0 Å². The topological polar surface area (TPSA) is 71.0 Å². The molecule has 6 heteroatoms. The van der Waals surface area contributed by atoms with Gasteiger partial charge in [-0.15, -0.1) is 0 Å². The fourth-order valence-electron chi connectivity index (χ4n) is 4.53. The summed E-state index contributed by atoms with van der Waals surface area (Å²) in [4.78, 5) is 14.9. The monoisotopic (exact) mass is 438 g/mol. The minimum absolute atomic E-state index is 0.0358. The average Bonchev–Trinajstić information content (AvgIpc) is 3.32. The number of carbonyl (C=O) groups excluding carboxylic acids is 1. The standard InChI is InChI=1S/C26H34N2O4/c1-28(12-13-29)17-19-4-5-22-16-23(9-6-21(22)15-19)27-26(30)20-7-10-24(11-8-20)32-18-25-3-2-14-31-25/h4-5,7-8,10-11,15,23,25,29H,2-3,6,9,12-14,16-18H2,1H3,(H,27,30)/t23-,25-/m0/s1. The van der Waals surface area contributed by atoms with Crippen molar-refractivity contribution in [3.05, 3.63) is 64.7 Å². The number of nitrogens with one attached hydrogen (secondary N) is 1. The first kappa shape index (κ1) is 22.8. The molecule has 172 valence electrons. The number of ether oxygens (including phenoxy) is 2. The molecule has 0 saturated carbocycles. The van der Waals surface area contributed by atoms with Gasteiger partial charge in [0.2, 0.25) is 0 Å². The Balaban J connectivity index is 1.28. The maximum Gasteiger partial charge on any atom is 0.251 e. The molecule has 1 heterocycles. The van der Waals surface area contributed by atoms with Gasteiger partial charge in [-0.1, -0.05) is 18.2 Å². The summed E-state index contributed by atoms with van der Waals surface area (Å²) in [5.41, 5.74) is 4.61. The van der Waals surface area contributed by atoms with Crippen molar-refractivity contribution in [1.29, 1.82) is 0 Å². The number of hydrogen-bond acceptors (Lipinski definition) is 5. The van der Waals surface area contributed by atoms with Gasteiger partial charge in [0.15, 0.2) is 0 Å². The van der Waals surface area contributed by atoms with Gasteiger partial charge in [-0.3, -0.25) is 9.69 Å². The first-order valence-electron chi connectivity index (χ1n) is 11.7. The molecule has 1 aliphatic heterocycles. The molecule has 1 aliphatic carbocycles. The van der Waals surface area contributed by atoms with Crippen LogP contribution in [0.3, 0.4) is 0 Å². The summed E-state index contributed by atoms with van der Waals surface area (Å²) in [6.45, 7) is 3.07. The molecular formula is C26H34N2O4. The highest BCUT2D eigenvalue weighted by molar-refractivity contribution is 5.94. The van der Waals surface area contributed by atoms with Crippen molar-refractivity contribution >= 4 is 5.91 Å². The third-order valence-electron chi connectivity index (χ3n) is 6.34. The highest BCUT2D eigenvalue weighted by Crippen LogP contribution is 2.24. The maximum absolute atomic E-state index is 12.7. The van der Waals surface area contributed by atoms with E-state index in [1.165, 1.54) is 16.7 Å². The second-order valence-corrected chi connectivity index (χ2v) is 8.95. The molecule has 32 heavy (non-hydrogen) atoms. The molecule has 4 rings (SSSR count). The lowest BCUT2D eigenvalue weighted by atomic mass is 9.87. The number of hydrogen-bond donors (Lipinski definition) is 2. The number of fused-ring (bicyclic) bond motifs is 1. The number of rotatable bonds is 9. The highest BCUT2D eigenvalue weighted by Gasteiger charge is 2.21. The van der Waals surface area contributed by atoms with Crippen LogP contribution in [-0.2, 0) is 24.1 Å². The SMILES string of the molecule is CN(CCO)Cc1ccc2c(c1)CC[C@H](NC(=O)c1ccc(OC[C@@H]3CCCO3)cc1)C2. The Morgan fingerprint density at radius 3 is 2.78 bits per heavy atom. The first-order valence-corrected chi connectivity index (χ1v) is 11.7. The Morgan fingerprint density at radius 1 is 1.19 bits per heavy atom. The number of amides is 1. The lowest BCUT2D eigenvalue weighted by molar-refractivity contribution is 0.0679. The number of aliphatic hydroxyl groups is 1. The van der Waals surface area contributed by atoms with Crippen LogP contribution in [0, 0.1) is 0 Å². The molecule has 0 radical (unpaired) electrons. The second-order valence-electron chi connectivity index (χ2n) is 8.95. The lowest BCUT2D eigenvalue weighted by Gasteiger charge is -2.26. The van der Waals surface area contributed by atoms with Crippen LogP contribution in [0.25, 0.3) is 0 Å². The summed E-state index contributed by atoms with van der Waals surface area (Å²) < 4.78 is 11.4. The zero-order valence-corrected chi connectivity index (χ0v) is 18.9. The van der Waals surface area contributed by atoms with Crippen molar-refractivity contribution in [2.45, 2.75) is 50.8 Å². The van der Waals surface area contributed by atoms with Gasteiger partial charge in [0.25, 0.3) is 5.91 Å². The summed E-state index contributed by atoms with van der Waals surface area (Å²) in [5, 5.41) is 12.3. The Morgan fingerprint density at radius 2 is 2.03 bits per heavy atom. The number of benzene rings is 2. The van der Waals surface area contributed by atoms with Crippen molar-refractivity contribution in [3.63, 3.8) is 0 Å². The van der Waals surface area contributed by atoms with Crippen LogP contribution in [0.4, 0.5) is 0 Å². The molecule has 0 bridgehead atoms. The minimum atomic E-state index is -0.0358. The average molecular weight is 439 g/mol. The molecule has 2 N–H and O–H groups in total. The summed E-state index contributed by atoms with van der Waals surface area (Å²) in [5.74, 6) is 0.732. The predicted octanol–water partition coefficient (Wildman–Crippen LogP) is 2.96. The molecule has 0 spiro atoms. The summed E-state index contributed by atoms with van der Waals surface area (Å²) in [6.07, 6.45) is 5.10. The molecule has 1 saturated heterocycles. The zero-order chi connectivity index (χ0) is 22.3. The molecule has 2 aromatic carbocycles. The Kier molecular flexibility index (Phi) is 7.79. The third-order valence-corrected chi connectivity index (χ3v) is 6.34. The van der Waals surface area contributed by atoms with Gasteiger partial charge in [0.1, 0.15) is 12.4 Å². The number of nitrogens with zero attached hydrogens (tertiary/aromatic N) is 1. The Labute approximate surface area is 190 Å². The van der Waals surface area contributed by atoms with Gasteiger partial charge in [0.05, 0.1) is 12.7 Å². The smallest absolute Gasteiger partial charge is 0.251 e. The summed E-state index contributed by atoms with van der Waals surface area (Å²) >= 11 is 0. The number of aliphatic hydroxyl groups excluding tert-OH is 1. The molecule has 1 fully saturated rings. The van der Waals surface area contributed by atoms with E-state index in [0.29, 0.717) is 18.7 Å². The van der Waals surface area contributed by atoms with Gasteiger partial charge in [0, 0.05) is 31.3 Å². The van der Waals surface area contributed by atoms with E-state index in [1.807, 2.05) is 31.3 Å². The second kappa shape index (κ2) is 10.9. The van der Waals surface area contributed by atoms with Crippen molar-refractivity contribution in [3.8, 4) is 5.75 Å². The molecule has 1 amide bonds. The number of carbonyl (C=O) groups is 1.